The second-order valence-corrected chi connectivity index (χ2v) is 7.29. The van der Waals surface area contributed by atoms with Crippen molar-refractivity contribution in [3.8, 4) is 17.2 Å². The van der Waals surface area contributed by atoms with E-state index in [2.05, 4.69) is 5.32 Å². The first-order valence-electron chi connectivity index (χ1n) is 9.31. The summed E-state index contributed by atoms with van der Waals surface area (Å²) in [7, 11) is 1.62. The molecule has 2 heterocycles. The number of hydrogen-bond acceptors (Lipinski definition) is 5. The number of imide groups is 1. The summed E-state index contributed by atoms with van der Waals surface area (Å²) in [5, 5.41) is 2.98. The van der Waals surface area contributed by atoms with Gasteiger partial charge in [0.25, 0.3) is 5.91 Å². The topological polar surface area (TPSA) is 77.1 Å². The molecule has 5 rings (SSSR count). The van der Waals surface area contributed by atoms with E-state index >= 15 is 0 Å². The minimum absolute atomic E-state index is 0.186. The van der Waals surface area contributed by atoms with E-state index in [-0.39, 0.29) is 25.3 Å². The lowest BCUT2D eigenvalue weighted by Crippen LogP contribution is -2.46. The number of methoxy groups -OCH3 is 1. The number of aryl methyl sites for hydroxylation is 1. The van der Waals surface area contributed by atoms with Crippen LogP contribution in [0.5, 0.6) is 17.2 Å². The number of hydrogen-bond donors (Lipinski definition) is 1. The third-order valence-corrected chi connectivity index (χ3v) is 5.72. The molecular weight excluding hydrogens is 360 g/mol. The van der Waals surface area contributed by atoms with E-state index in [1.807, 2.05) is 30.3 Å². The van der Waals surface area contributed by atoms with E-state index in [9.17, 15) is 9.59 Å². The molecule has 1 aliphatic carbocycles. The maximum absolute atomic E-state index is 13.4. The summed E-state index contributed by atoms with van der Waals surface area (Å²) in [5.41, 5.74) is 1.73. The Morgan fingerprint density at radius 1 is 1.14 bits per heavy atom. The van der Waals surface area contributed by atoms with Gasteiger partial charge < -0.3 is 19.5 Å². The predicted octanol–water partition coefficient (Wildman–Crippen LogP) is 2.71. The minimum atomic E-state index is -0.993. The molecule has 2 aromatic rings. The van der Waals surface area contributed by atoms with Gasteiger partial charge >= 0.3 is 6.03 Å². The van der Waals surface area contributed by atoms with Crippen LogP contribution in [0.4, 0.5) is 4.79 Å². The molecule has 2 aromatic carbocycles. The second kappa shape index (κ2) is 6.15. The summed E-state index contributed by atoms with van der Waals surface area (Å²) < 4.78 is 16.0. The van der Waals surface area contributed by atoms with Crippen LogP contribution in [0, 0.1) is 0 Å². The largest absolute Gasteiger partial charge is 0.497 e. The molecule has 7 nitrogen and oxygen atoms in total. The van der Waals surface area contributed by atoms with Crippen LogP contribution in [0.3, 0.4) is 0 Å². The smallest absolute Gasteiger partial charge is 0.325 e. The number of nitrogens with one attached hydrogen (secondary N) is 1. The lowest BCUT2D eigenvalue weighted by Gasteiger charge is -2.33. The Morgan fingerprint density at radius 3 is 2.86 bits per heavy atom. The number of benzene rings is 2. The molecule has 3 aliphatic rings. The number of carbonyl (C=O) groups excluding carboxylic acids is 2. The Hall–Kier alpha value is -3.22. The maximum atomic E-state index is 13.4. The SMILES string of the molecule is COc1ccc2c(c1)CCCC21NC(=O)N(Cc2ccc3c(c2)OCO3)C1=O. The molecule has 0 radical (unpaired) electrons. The van der Waals surface area contributed by atoms with Crippen molar-refractivity contribution in [1.82, 2.24) is 10.2 Å². The highest BCUT2D eigenvalue weighted by atomic mass is 16.7. The zero-order valence-electron chi connectivity index (χ0n) is 15.5. The fraction of sp³-hybridized carbons (Fsp3) is 0.333. The minimum Gasteiger partial charge on any atom is -0.497 e. The Morgan fingerprint density at radius 2 is 2.00 bits per heavy atom. The number of ether oxygens (including phenoxy) is 3. The molecular formula is C21H20N2O5. The van der Waals surface area contributed by atoms with Crippen molar-refractivity contribution in [2.24, 2.45) is 0 Å². The van der Waals surface area contributed by atoms with Gasteiger partial charge in [0.15, 0.2) is 11.5 Å². The summed E-state index contributed by atoms with van der Waals surface area (Å²) in [6.45, 7) is 0.375. The number of amides is 3. The molecule has 144 valence electrons. The van der Waals surface area contributed by atoms with Crippen molar-refractivity contribution in [3.63, 3.8) is 0 Å². The molecule has 0 aromatic heterocycles. The van der Waals surface area contributed by atoms with E-state index in [1.54, 1.807) is 13.2 Å². The van der Waals surface area contributed by atoms with Crippen molar-refractivity contribution < 1.29 is 23.8 Å². The van der Waals surface area contributed by atoms with Gasteiger partial charge in [-0.05, 0) is 60.2 Å². The molecule has 1 N–H and O–H groups in total. The average molecular weight is 380 g/mol. The molecule has 28 heavy (non-hydrogen) atoms. The summed E-state index contributed by atoms with van der Waals surface area (Å²) in [6, 6.07) is 10.8. The summed E-state index contributed by atoms with van der Waals surface area (Å²) >= 11 is 0. The normalized spacial score (nSPS) is 22.4. The number of fused-ring (bicyclic) bond motifs is 3. The second-order valence-electron chi connectivity index (χ2n) is 7.29. The van der Waals surface area contributed by atoms with Crippen molar-refractivity contribution in [1.29, 1.82) is 0 Å². The van der Waals surface area contributed by atoms with Crippen molar-refractivity contribution in [3.05, 3.63) is 53.1 Å². The van der Waals surface area contributed by atoms with Gasteiger partial charge in [-0.1, -0.05) is 12.1 Å². The highest BCUT2D eigenvalue weighted by Crippen LogP contribution is 2.42. The van der Waals surface area contributed by atoms with Gasteiger partial charge in [0, 0.05) is 0 Å². The van der Waals surface area contributed by atoms with Gasteiger partial charge in [-0.3, -0.25) is 9.69 Å². The van der Waals surface area contributed by atoms with Gasteiger partial charge in [-0.25, -0.2) is 4.79 Å². The fourth-order valence-electron chi connectivity index (χ4n) is 4.34. The van der Waals surface area contributed by atoms with E-state index in [1.165, 1.54) is 4.90 Å². The number of rotatable bonds is 3. The van der Waals surface area contributed by atoms with Gasteiger partial charge in [0.2, 0.25) is 6.79 Å². The molecule has 2 aliphatic heterocycles. The predicted molar refractivity (Wildman–Crippen MR) is 99.3 cm³/mol. The van der Waals surface area contributed by atoms with Gasteiger partial charge in [0.1, 0.15) is 11.3 Å². The lowest BCUT2D eigenvalue weighted by atomic mass is 9.76. The van der Waals surface area contributed by atoms with Crippen LogP contribution in [0.15, 0.2) is 36.4 Å². The Labute approximate surface area is 162 Å². The van der Waals surface area contributed by atoms with Crippen molar-refractivity contribution >= 4 is 11.9 Å². The van der Waals surface area contributed by atoms with Gasteiger partial charge in [-0.2, -0.15) is 0 Å². The summed E-state index contributed by atoms with van der Waals surface area (Å²) in [6.07, 6.45) is 2.28. The Kier molecular flexibility index (Phi) is 3.72. The van der Waals surface area contributed by atoms with E-state index in [0.717, 1.165) is 35.3 Å². The highest BCUT2D eigenvalue weighted by molar-refractivity contribution is 6.07. The van der Waals surface area contributed by atoms with Gasteiger partial charge in [-0.15, -0.1) is 0 Å². The lowest BCUT2D eigenvalue weighted by molar-refractivity contribution is -0.132. The molecule has 1 unspecified atom stereocenters. The first-order valence-corrected chi connectivity index (χ1v) is 9.31. The third kappa shape index (κ3) is 2.42. The molecule has 7 heteroatoms. The van der Waals surface area contributed by atoms with E-state index in [0.29, 0.717) is 17.9 Å². The van der Waals surface area contributed by atoms with Crippen LogP contribution in [0.2, 0.25) is 0 Å². The fourth-order valence-corrected chi connectivity index (χ4v) is 4.34. The quantitative estimate of drug-likeness (QED) is 0.829. The van der Waals surface area contributed by atoms with Crippen LogP contribution >= 0.6 is 0 Å². The Balaban J connectivity index is 1.47. The van der Waals surface area contributed by atoms with Gasteiger partial charge in [0.05, 0.1) is 13.7 Å². The van der Waals surface area contributed by atoms with Crippen LogP contribution < -0.4 is 19.5 Å². The maximum Gasteiger partial charge on any atom is 0.325 e. The molecule has 3 amide bonds. The van der Waals surface area contributed by atoms with Crippen LogP contribution in [0.1, 0.15) is 29.5 Å². The molecule has 1 atom stereocenters. The molecule has 1 saturated heterocycles. The van der Waals surface area contributed by atoms with Crippen LogP contribution in [-0.4, -0.2) is 30.7 Å². The Bertz CT molecular complexity index is 989. The van der Waals surface area contributed by atoms with E-state index in [4.69, 9.17) is 14.2 Å². The first kappa shape index (κ1) is 16.9. The number of nitrogens with zero attached hydrogens (tertiary/aromatic N) is 1. The number of carbonyl (C=O) groups is 2. The third-order valence-electron chi connectivity index (χ3n) is 5.72. The zero-order valence-corrected chi connectivity index (χ0v) is 15.5. The molecule has 0 bridgehead atoms. The highest BCUT2D eigenvalue weighted by Gasteiger charge is 2.53. The van der Waals surface area contributed by atoms with Crippen molar-refractivity contribution in [2.45, 2.75) is 31.3 Å². The van der Waals surface area contributed by atoms with E-state index < -0.39 is 5.54 Å². The molecule has 1 fully saturated rings. The summed E-state index contributed by atoms with van der Waals surface area (Å²) in [5.74, 6) is 1.85. The zero-order chi connectivity index (χ0) is 19.3. The average Bonchev–Trinajstić information content (AvgIpc) is 3.26. The molecule has 0 saturated carbocycles. The summed E-state index contributed by atoms with van der Waals surface area (Å²) in [4.78, 5) is 27.4. The van der Waals surface area contributed by atoms with Crippen LogP contribution in [-0.2, 0) is 23.3 Å². The van der Waals surface area contributed by atoms with Crippen LogP contribution in [0.25, 0.3) is 0 Å². The van der Waals surface area contributed by atoms with Crippen molar-refractivity contribution in [2.75, 3.05) is 13.9 Å². The monoisotopic (exact) mass is 380 g/mol. The standard InChI is InChI=1S/C21H20N2O5/c1-26-15-5-6-16-14(10-15)3-2-8-21(16)19(24)23(20(25)22-21)11-13-4-7-17-18(9-13)28-12-27-17/h4-7,9-10H,2-3,8,11-12H2,1H3,(H,22,25). The molecule has 1 spiro atoms. The number of urea groups is 1. The first-order chi connectivity index (χ1) is 13.6.